The van der Waals surface area contributed by atoms with Gasteiger partial charge in [-0.3, -0.25) is 4.79 Å². The molecule has 0 radical (unpaired) electrons. The fourth-order valence-electron chi connectivity index (χ4n) is 1.42. The minimum atomic E-state index is -1.78. The Kier molecular flexibility index (Phi) is 3.85. The van der Waals surface area contributed by atoms with Gasteiger partial charge in [-0.05, 0) is 22.9 Å². The Bertz CT molecular complexity index is 258. The zero-order valence-electron chi connectivity index (χ0n) is 8.00. The van der Waals surface area contributed by atoms with Crippen molar-refractivity contribution in [2.45, 2.75) is 35.8 Å². The van der Waals surface area contributed by atoms with Crippen molar-refractivity contribution in [3.8, 4) is 0 Å². The van der Waals surface area contributed by atoms with Gasteiger partial charge >= 0.3 is 0 Å². The number of aliphatic hydroxyl groups excluding tert-OH is 4. The maximum absolute atomic E-state index is 11.2. The lowest BCUT2D eigenvalue weighted by Crippen LogP contribution is -2.64. The third kappa shape index (κ3) is 2.08. The van der Waals surface area contributed by atoms with E-state index >= 15 is 0 Å². The van der Waals surface area contributed by atoms with Gasteiger partial charge in [-0.15, -0.1) is 0 Å². The summed E-state index contributed by atoms with van der Waals surface area (Å²) in [7, 11) is 0. The molecule has 1 heterocycles. The first-order valence-corrected chi connectivity index (χ1v) is 5.16. The molecule has 0 bridgehead atoms. The van der Waals surface area contributed by atoms with E-state index in [9.17, 15) is 20.1 Å². The van der Waals surface area contributed by atoms with E-state index in [2.05, 4.69) is 15.9 Å². The van der Waals surface area contributed by atoms with Gasteiger partial charge in [-0.2, -0.15) is 0 Å². The Hall–Kier alpha value is -0.0500. The van der Waals surface area contributed by atoms with Crippen molar-refractivity contribution in [1.82, 2.24) is 0 Å². The topological polar surface area (TPSA) is 107 Å². The number of alkyl halides is 1. The summed E-state index contributed by atoms with van der Waals surface area (Å²) in [6.07, 6.45) is -5.70. The molecule has 1 aliphatic rings. The molecule has 15 heavy (non-hydrogen) atoms. The molecule has 0 spiro atoms. The van der Waals surface area contributed by atoms with E-state index in [1.165, 1.54) is 0 Å². The largest absolute Gasteiger partial charge is 0.394 e. The van der Waals surface area contributed by atoms with E-state index in [1.807, 2.05) is 0 Å². The van der Waals surface area contributed by atoms with Gasteiger partial charge in [0, 0.05) is 0 Å². The molecule has 0 saturated carbocycles. The highest BCUT2D eigenvalue weighted by atomic mass is 79.9. The lowest BCUT2D eigenvalue weighted by molar-refractivity contribution is -0.234. The van der Waals surface area contributed by atoms with Crippen LogP contribution in [0.25, 0.3) is 0 Å². The first kappa shape index (κ1) is 13.0. The molecule has 88 valence electrons. The Balaban J connectivity index is 2.97. The van der Waals surface area contributed by atoms with Crippen molar-refractivity contribution in [2.75, 3.05) is 6.61 Å². The summed E-state index contributed by atoms with van der Waals surface area (Å²) in [6, 6.07) is 0. The minimum Gasteiger partial charge on any atom is -0.394 e. The monoisotopic (exact) mass is 284 g/mol. The van der Waals surface area contributed by atoms with Crippen molar-refractivity contribution in [3.63, 3.8) is 0 Å². The SMILES string of the molecule is CC(=O)[C@@]1(Br)O[C@H](CO)[C@H](O)[C@H](O)[C@H]1O. The van der Waals surface area contributed by atoms with Gasteiger partial charge in [0.1, 0.15) is 24.4 Å². The maximum atomic E-state index is 11.2. The zero-order chi connectivity index (χ0) is 11.8. The fourth-order valence-corrected chi connectivity index (χ4v) is 1.93. The second-order valence-corrected chi connectivity index (χ2v) is 4.64. The average molecular weight is 285 g/mol. The molecule has 7 heteroatoms. The van der Waals surface area contributed by atoms with Crippen LogP contribution in [0.1, 0.15) is 6.92 Å². The van der Waals surface area contributed by atoms with E-state index in [0.29, 0.717) is 0 Å². The van der Waals surface area contributed by atoms with Crippen LogP contribution in [-0.2, 0) is 9.53 Å². The molecular formula is C8H13BrO6. The molecule has 5 atom stereocenters. The molecule has 0 amide bonds. The van der Waals surface area contributed by atoms with Crippen LogP contribution in [0.3, 0.4) is 0 Å². The number of halogens is 1. The van der Waals surface area contributed by atoms with Crippen LogP contribution in [0.5, 0.6) is 0 Å². The number of rotatable bonds is 2. The van der Waals surface area contributed by atoms with E-state index in [0.717, 1.165) is 6.92 Å². The van der Waals surface area contributed by atoms with Gasteiger partial charge in [0.05, 0.1) is 6.61 Å². The molecular weight excluding hydrogens is 272 g/mol. The Morgan fingerprint density at radius 1 is 1.40 bits per heavy atom. The van der Waals surface area contributed by atoms with Crippen LogP contribution in [-0.4, -0.2) is 61.7 Å². The summed E-state index contributed by atoms with van der Waals surface area (Å²) < 4.78 is 3.26. The van der Waals surface area contributed by atoms with Crippen molar-refractivity contribution >= 4 is 21.7 Å². The number of carbonyl (C=O) groups excluding carboxylic acids is 1. The summed E-state index contributed by atoms with van der Waals surface area (Å²) in [5, 5.41) is 37.3. The molecule has 0 aliphatic carbocycles. The molecule has 1 aliphatic heterocycles. The molecule has 0 aromatic carbocycles. The van der Waals surface area contributed by atoms with Crippen LogP contribution in [0.4, 0.5) is 0 Å². The van der Waals surface area contributed by atoms with Crippen LogP contribution < -0.4 is 0 Å². The molecule has 1 rings (SSSR count). The Labute approximate surface area is 94.6 Å². The molecule has 1 fully saturated rings. The third-order valence-corrected chi connectivity index (χ3v) is 3.63. The van der Waals surface area contributed by atoms with E-state index in [4.69, 9.17) is 9.84 Å². The fraction of sp³-hybridized carbons (Fsp3) is 0.875. The summed E-state index contributed by atoms with van der Waals surface area (Å²) >= 11 is 2.87. The van der Waals surface area contributed by atoms with E-state index in [-0.39, 0.29) is 0 Å². The standard InChI is InChI=1S/C8H13BrO6/c1-3(11)8(9)7(14)6(13)5(12)4(2-10)15-8/h4-7,10,12-14H,2H2,1H3/t4-,5+,6+,7-,8-/m1/s1. The van der Waals surface area contributed by atoms with Gasteiger partial charge in [-0.25, -0.2) is 0 Å². The van der Waals surface area contributed by atoms with Gasteiger partial charge in [0.15, 0.2) is 5.78 Å². The number of ether oxygens (including phenoxy) is 1. The van der Waals surface area contributed by atoms with Crippen molar-refractivity contribution < 1.29 is 30.0 Å². The maximum Gasteiger partial charge on any atom is 0.209 e. The number of Topliss-reactive ketones (excluding diaryl/α,β-unsaturated/α-hetero) is 1. The third-order valence-electron chi connectivity index (χ3n) is 2.42. The summed E-state index contributed by atoms with van der Waals surface area (Å²) in [4.78, 5) is 11.2. The highest BCUT2D eigenvalue weighted by Crippen LogP contribution is 2.35. The lowest BCUT2D eigenvalue weighted by Gasteiger charge is -2.43. The number of hydrogen-bond acceptors (Lipinski definition) is 6. The number of hydrogen-bond donors (Lipinski definition) is 4. The summed E-state index contributed by atoms with van der Waals surface area (Å²) in [6.45, 7) is 0.600. The zero-order valence-corrected chi connectivity index (χ0v) is 9.59. The normalized spacial score (nSPS) is 46.5. The van der Waals surface area contributed by atoms with Crippen molar-refractivity contribution in [1.29, 1.82) is 0 Å². The van der Waals surface area contributed by atoms with Crippen LogP contribution in [0.2, 0.25) is 0 Å². The van der Waals surface area contributed by atoms with Crippen LogP contribution in [0.15, 0.2) is 0 Å². The van der Waals surface area contributed by atoms with Gasteiger partial charge in [-0.1, -0.05) is 0 Å². The quantitative estimate of drug-likeness (QED) is 0.443. The summed E-state index contributed by atoms with van der Waals surface area (Å²) in [5.74, 6) is -0.556. The van der Waals surface area contributed by atoms with Crippen molar-refractivity contribution in [3.05, 3.63) is 0 Å². The lowest BCUT2D eigenvalue weighted by atomic mass is 9.93. The molecule has 0 unspecified atom stereocenters. The second-order valence-electron chi connectivity index (χ2n) is 3.47. The highest BCUT2D eigenvalue weighted by molar-refractivity contribution is 9.10. The van der Waals surface area contributed by atoms with E-state index in [1.54, 1.807) is 0 Å². The van der Waals surface area contributed by atoms with Gasteiger partial charge in [0.25, 0.3) is 0 Å². The smallest absolute Gasteiger partial charge is 0.209 e. The number of ketones is 1. The summed E-state index contributed by atoms with van der Waals surface area (Å²) in [5.41, 5.74) is 0. The number of aliphatic hydroxyl groups is 4. The highest BCUT2D eigenvalue weighted by Gasteiger charge is 2.54. The van der Waals surface area contributed by atoms with Crippen molar-refractivity contribution in [2.24, 2.45) is 0 Å². The van der Waals surface area contributed by atoms with Gasteiger partial charge < -0.3 is 25.2 Å². The predicted molar refractivity (Wildman–Crippen MR) is 52.3 cm³/mol. The van der Waals surface area contributed by atoms with Crippen LogP contribution in [0, 0.1) is 0 Å². The first-order valence-electron chi connectivity index (χ1n) is 4.37. The molecule has 0 aromatic heterocycles. The Morgan fingerprint density at radius 2 is 1.93 bits per heavy atom. The first-order chi connectivity index (χ1) is 6.84. The van der Waals surface area contributed by atoms with Gasteiger partial charge in [0.2, 0.25) is 4.51 Å². The average Bonchev–Trinajstić information content (AvgIpc) is 2.20. The minimum absolute atomic E-state index is 0.556. The molecule has 4 N–H and O–H groups in total. The molecule has 1 saturated heterocycles. The molecule has 0 aromatic rings. The molecule has 6 nitrogen and oxygen atoms in total. The number of carbonyl (C=O) groups is 1. The second kappa shape index (κ2) is 4.44. The van der Waals surface area contributed by atoms with Crippen LogP contribution >= 0.6 is 15.9 Å². The predicted octanol–water partition coefficient (Wildman–Crippen LogP) is -1.86. The van der Waals surface area contributed by atoms with E-state index < -0.39 is 41.3 Å². The Morgan fingerprint density at radius 3 is 2.33 bits per heavy atom.